The number of nitrogens with one attached hydrogen (secondary N) is 1. The van der Waals surface area contributed by atoms with Crippen LogP contribution >= 0.6 is 0 Å². The number of aliphatic carboxylic acids is 1. The first-order valence-electron chi connectivity index (χ1n) is 4.04. The molecule has 74 valence electrons. The number of carboxylic acids is 1. The van der Waals surface area contributed by atoms with Crippen molar-refractivity contribution in [1.29, 1.82) is 0 Å². The Bertz CT molecular complexity index is 350. The van der Waals surface area contributed by atoms with Gasteiger partial charge in [0.25, 0.3) is 0 Å². The van der Waals surface area contributed by atoms with Crippen molar-refractivity contribution in [2.24, 2.45) is 5.84 Å². The van der Waals surface area contributed by atoms with E-state index in [1.807, 2.05) is 0 Å². The van der Waals surface area contributed by atoms with Gasteiger partial charge in [0.1, 0.15) is 5.82 Å². The molecule has 14 heavy (non-hydrogen) atoms. The number of carboxylic acid groups (broad SMARTS) is 1. The van der Waals surface area contributed by atoms with Crippen molar-refractivity contribution in [3.05, 3.63) is 30.0 Å². The normalized spacial score (nSPS) is 10.4. The maximum atomic E-state index is 10.2. The lowest BCUT2D eigenvalue weighted by Gasteiger charge is -1.98. The molecule has 4 N–H and O–H groups in total. The fraction of sp³-hybridized carbons (Fsp3) is 0.111. The Balaban J connectivity index is 2.66. The molecule has 0 aliphatic rings. The van der Waals surface area contributed by atoms with Crippen molar-refractivity contribution in [2.75, 3.05) is 5.43 Å². The Labute approximate surface area is 81.2 Å². The average Bonchev–Trinajstić information content (AvgIpc) is 2.18. The maximum absolute atomic E-state index is 10.2. The van der Waals surface area contributed by atoms with E-state index in [2.05, 4.69) is 10.4 Å². The van der Waals surface area contributed by atoms with E-state index in [4.69, 9.17) is 10.9 Å². The van der Waals surface area contributed by atoms with Crippen LogP contribution in [0.4, 0.5) is 5.82 Å². The molecule has 0 aromatic carbocycles. The first-order valence-corrected chi connectivity index (χ1v) is 4.04. The van der Waals surface area contributed by atoms with Gasteiger partial charge in [-0.3, -0.25) is 4.79 Å². The molecule has 0 unspecified atom stereocenters. The number of nitrogens with two attached hydrogens (primary N) is 1. The highest BCUT2D eigenvalue weighted by Gasteiger charge is 1.93. The van der Waals surface area contributed by atoms with E-state index in [1.54, 1.807) is 24.3 Å². The maximum Gasteiger partial charge on any atom is 0.307 e. The lowest BCUT2D eigenvalue weighted by Crippen LogP contribution is -2.08. The van der Waals surface area contributed by atoms with Crippen LogP contribution in [0.3, 0.4) is 0 Å². The zero-order valence-corrected chi connectivity index (χ0v) is 7.47. The van der Waals surface area contributed by atoms with E-state index in [0.717, 1.165) is 0 Å². The van der Waals surface area contributed by atoms with Gasteiger partial charge in [0.15, 0.2) is 0 Å². The van der Waals surface area contributed by atoms with Crippen LogP contribution in [0.25, 0.3) is 6.08 Å². The van der Waals surface area contributed by atoms with Crippen molar-refractivity contribution >= 4 is 17.9 Å². The molecule has 1 aromatic heterocycles. The quantitative estimate of drug-likeness (QED) is 0.487. The SMILES string of the molecule is NNc1cccc(C=CCC(=O)O)n1. The van der Waals surface area contributed by atoms with Gasteiger partial charge in [0.05, 0.1) is 12.1 Å². The molecular formula is C9H11N3O2. The molecule has 0 saturated heterocycles. The Morgan fingerprint density at radius 1 is 1.64 bits per heavy atom. The molecule has 0 bridgehead atoms. The summed E-state index contributed by atoms with van der Waals surface area (Å²) in [5, 5.41) is 8.39. The molecule has 0 atom stereocenters. The Hall–Kier alpha value is -1.88. The number of pyridine rings is 1. The van der Waals surface area contributed by atoms with Crippen LogP contribution in [0.5, 0.6) is 0 Å². The van der Waals surface area contributed by atoms with Gasteiger partial charge in [-0.05, 0) is 18.2 Å². The van der Waals surface area contributed by atoms with Crippen molar-refractivity contribution in [2.45, 2.75) is 6.42 Å². The molecule has 0 saturated carbocycles. The molecular weight excluding hydrogens is 182 g/mol. The van der Waals surface area contributed by atoms with Gasteiger partial charge in [-0.2, -0.15) is 0 Å². The number of hydrazine groups is 1. The van der Waals surface area contributed by atoms with Gasteiger partial charge in [0, 0.05) is 0 Å². The molecule has 1 aromatic rings. The fourth-order valence-electron chi connectivity index (χ4n) is 0.905. The Morgan fingerprint density at radius 2 is 2.43 bits per heavy atom. The van der Waals surface area contributed by atoms with E-state index < -0.39 is 5.97 Å². The van der Waals surface area contributed by atoms with Crippen molar-refractivity contribution < 1.29 is 9.90 Å². The second kappa shape index (κ2) is 4.98. The highest BCUT2D eigenvalue weighted by Crippen LogP contribution is 2.04. The summed E-state index contributed by atoms with van der Waals surface area (Å²) in [4.78, 5) is 14.3. The largest absolute Gasteiger partial charge is 0.481 e. The standard InChI is InChI=1S/C9H11N3O2/c10-12-8-5-1-3-7(11-8)4-2-6-9(13)14/h1-5H,6,10H2,(H,11,12)(H,13,14). The van der Waals surface area contributed by atoms with Gasteiger partial charge in [0.2, 0.25) is 0 Å². The van der Waals surface area contributed by atoms with Gasteiger partial charge in [-0.25, -0.2) is 10.8 Å². The highest BCUT2D eigenvalue weighted by atomic mass is 16.4. The molecule has 1 rings (SSSR count). The first-order chi connectivity index (χ1) is 6.72. The molecule has 0 spiro atoms. The molecule has 5 heteroatoms. The smallest absolute Gasteiger partial charge is 0.307 e. The van der Waals surface area contributed by atoms with E-state index in [9.17, 15) is 4.79 Å². The summed E-state index contributed by atoms with van der Waals surface area (Å²) in [5.74, 6) is 4.84. The summed E-state index contributed by atoms with van der Waals surface area (Å²) < 4.78 is 0. The van der Waals surface area contributed by atoms with Crippen LogP contribution in [-0.2, 0) is 4.79 Å². The second-order valence-electron chi connectivity index (χ2n) is 2.59. The third-order valence-electron chi connectivity index (χ3n) is 1.50. The van der Waals surface area contributed by atoms with E-state index >= 15 is 0 Å². The number of nitrogen functional groups attached to an aromatic ring is 1. The summed E-state index contributed by atoms with van der Waals surface area (Å²) in [7, 11) is 0. The molecule has 0 fully saturated rings. The van der Waals surface area contributed by atoms with Gasteiger partial charge >= 0.3 is 5.97 Å². The lowest BCUT2D eigenvalue weighted by atomic mass is 10.3. The number of hydrogen-bond acceptors (Lipinski definition) is 4. The summed E-state index contributed by atoms with van der Waals surface area (Å²) in [6.07, 6.45) is 3.15. The predicted molar refractivity (Wildman–Crippen MR) is 53.3 cm³/mol. The summed E-state index contributed by atoms with van der Waals surface area (Å²) in [5.41, 5.74) is 3.07. The molecule has 0 aliphatic carbocycles. The van der Waals surface area contributed by atoms with Crippen LogP contribution in [0, 0.1) is 0 Å². The molecule has 1 heterocycles. The van der Waals surface area contributed by atoms with Crippen LogP contribution in [0.1, 0.15) is 12.1 Å². The Kier molecular flexibility index (Phi) is 3.63. The predicted octanol–water partition coefficient (Wildman–Crippen LogP) is 0.855. The highest BCUT2D eigenvalue weighted by molar-refractivity contribution is 5.70. The zero-order chi connectivity index (χ0) is 10.4. The van der Waals surface area contributed by atoms with Crippen molar-refractivity contribution in [3.63, 3.8) is 0 Å². The molecule has 5 nitrogen and oxygen atoms in total. The zero-order valence-electron chi connectivity index (χ0n) is 7.47. The number of nitrogens with zero attached hydrogens (tertiary/aromatic N) is 1. The Morgan fingerprint density at radius 3 is 3.07 bits per heavy atom. The monoisotopic (exact) mass is 193 g/mol. The number of anilines is 1. The van der Waals surface area contributed by atoms with Gasteiger partial charge in [-0.15, -0.1) is 0 Å². The second-order valence-corrected chi connectivity index (χ2v) is 2.59. The van der Waals surface area contributed by atoms with E-state index in [-0.39, 0.29) is 6.42 Å². The van der Waals surface area contributed by atoms with E-state index in [1.165, 1.54) is 6.08 Å². The molecule has 0 radical (unpaired) electrons. The summed E-state index contributed by atoms with van der Waals surface area (Å²) >= 11 is 0. The minimum absolute atomic E-state index is 0.0119. The van der Waals surface area contributed by atoms with Gasteiger partial charge in [-0.1, -0.05) is 12.1 Å². The number of hydrogen-bond donors (Lipinski definition) is 3. The number of rotatable bonds is 4. The van der Waals surface area contributed by atoms with Crippen LogP contribution in [-0.4, -0.2) is 16.1 Å². The van der Waals surface area contributed by atoms with E-state index in [0.29, 0.717) is 11.5 Å². The van der Waals surface area contributed by atoms with Crippen molar-refractivity contribution in [1.82, 2.24) is 4.98 Å². The van der Waals surface area contributed by atoms with Crippen molar-refractivity contribution in [3.8, 4) is 0 Å². The molecule has 0 amide bonds. The average molecular weight is 193 g/mol. The summed E-state index contributed by atoms with van der Waals surface area (Å²) in [6, 6.07) is 5.26. The third-order valence-corrected chi connectivity index (χ3v) is 1.50. The first kappa shape index (κ1) is 10.2. The van der Waals surface area contributed by atoms with Crippen LogP contribution < -0.4 is 11.3 Å². The fourth-order valence-corrected chi connectivity index (χ4v) is 0.905. The lowest BCUT2D eigenvalue weighted by molar-refractivity contribution is -0.135. The topological polar surface area (TPSA) is 88.2 Å². The third kappa shape index (κ3) is 3.24. The minimum atomic E-state index is -0.866. The summed E-state index contributed by atoms with van der Waals surface area (Å²) in [6.45, 7) is 0. The van der Waals surface area contributed by atoms with Crippen LogP contribution in [0.15, 0.2) is 24.3 Å². The molecule has 0 aliphatic heterocycles. The number of aromatic nitrogens is 1. The van der Waals surface area contributed by atoms with Gasteiger partial charge < -0.3 is 10.5 Å². The minimum Gasteiger partial charge on any atom is -0.481 e. The van der Waals surface area contributed by atoms with Crippen LogP contribution in [0.2, 0.25) is 0 Å². The number of carbonyl (C=O) groups is 1.